The number of hydrogen-bond acceptors (Lipinski definition) is 8. The molecule has 2 aliphatic rings. The van der Waals surface area contributed by atoms with Crippen LogP contribution in [0.25, 0.3) is 0 Å². The Labute approximate surface area is 194 Å². The average molecular weight is 466 g/mol. The fourth-order valence-electron chi connectivity index (χ4n) is 3.55. The Hall–Kier alpha value is -2.91. The first kappa shape index (κ1) is 21.0. The third-order valence-corrected chi connectivity index (χ3v) is 7.38. The van der Waals surface area contributed by atoms with Gasteiger partial charge in [0.05, 0.1) is 24.6 Å². The molecule has 0 radical (unpaired) electrons. The first-order valence-corrected chi connectivity index (χ1v) is 12.3. The highest BCUT2D eigenvalue weighted by Gasteiger charge is 2.33. The Morgan fingerprint density at radius 2 is 1.94 bits per heavy atom. The second kappa shape index (κ2) is 9.30. The number of nitrogens with one attached hydrogen (secondary N) is 1. The van der Waals surface area contributed by atoms with E-state index >= 15 is 0 Å². The number of anilines is 1. The second-order valence-corrected chi connectivity index (χ2v) is 9.92. The minimum atomic E-state index is -0.147. The summed E-state index contributed by atoms with van der Waals surface area (Å²) < 4.78 is 6.07. The Morgan fingerprint density at radius 3 is 2.66 bits per heavy atom. The number of thioether (sulfide) groups is 1. The minimum Gasteiger partial charge on any atom is -0.497 e. The van der Waals surface area contributed by atoms with Crippen molar-refractivity contribution in [3.8, 4) is 5.75 Å². The van der Waals surface area contributed by atoms with E-state index in [9.17, 15) is 4.79 Å². The van der Waals surface area contributed by atoms with Gasteiger partial charge in [0.15, 0.2) is 4.34 Å². The normalized spacial score (nSPS) is 17.8. The number of nitrogens with zero attached hydrogens (tertiary/aromatic N) is 4. The van der Waals surface area contributed by atoms with Crippen molar-refractivity contribution in [2.24, 2.45) is 5.10 Å². The molecule has 1 fully saturated rings. The van der Waals surface area contributed by atoms with E-state index in [0.29, 0.717) is 12.5 Å². The summed E-state index contributed by atoms with van der Waals surface area (Å²) in [5.74, 6) is 1.00. The van der Waals surface area contributed by atoms with Gasteiger partial charge in [0.1, 0.15) is 5.75 Å². The van der Waals surface area contributed by atoms with Crippen LogP contribution in [0.3, 0.4) is 0 Å². The molecule has 3 aromatic rings. The highest BCUT2D eigenvalue weighted by atomic mass is 32.2. The van der Waals surface area contributed by atoms with Crippen molar-refractivity contribution in [1.82, 2.24) is 15.2 Å². The Morgan fingerprint density at radius 1 is 1.16 bits per heavy atom. The van der Waals surface area contributed by atoms with Gasteiger partial charge in [0, 0.05) is 12.5 Å². The third-order valence-electron chi connectivity index (χ3n) is 5.40. The molecule has 0 unspecified atom stereocenters. The molecule has 7 nitrogen and oxygen atoms in total. The van der Waals surface area contributed by atoms with Crippen LogP contribution >= 0.6 is 23.1 Å². The molecule has 32 heavy (non-hydrogen) atoms. The molecule has 1 amide bonds. The number of carbonyl (C=O) groups excluding carboxylic acids is 1. The molecular formula is C23H23N5O2S2. The van der Waals surface area contributed by atoms with Crippen LogP contribution in [0.5, 0.6) is 5.75 Å². The van der Waals surface area contributed by atoms with Crippen LogP contribution in [-0.4, -0.2) is 45.7 Å². The summed E-state index contributed by atoms with van der Waals surface area (Å²) in [6.45, 7) is 0. The van der Waals surface area contributed by atoms with E-state index in [1.165, 1.54) is 35.9 Å². The number of rotatable bonds is 8. The van der Waals surface area contributed by atoms with E-state index < -0.39 is 0 Å². The Kier molecular flexibility index (Phi) is 6.09. The highest BCUT2D eigenvalue weighted by Crippen LogP contribution is 2.35. The predicted octanol–water partition coefficient (Wildman–Crippen LogP) is 4.59. The molecule has 164 valence electrons. The molecule has 0 bridgehead atoms. The van der Waals surface area contributed by atoms with Gasteiger partial charge < -0.3 is 10.1 Å². The molecule has 1 aliphatic carbocycles. The molecule has 1 aromatic heterocycles. The van der Waals surface area contributed by atoms with Crippen LogP contribution in [0.4, 0.5) is 5.13 Å². The van der Waals surface area contributed by atoms with Crippen LogP contribution < -0.4 is 10.1 Å². The number of amides is 1. The fraction of sp³-hybridized carbons (Fsp3) is 0.304. The number of hydrazone groups is 1. The van der Waals surface area contributed by atoms with E-state index in [1.807, 2.05) is 54.6 Å². The first-order valence-electron chi connectivity index (χ1n) is 10.5. The zero-order chi connectivity index (χ0) is 21.9. The summed E-state index contributed by atoms with van der Waals surface area (Å²) in [4.78, 5) is 13.2. The second-order valence-electron chi connectivity index (χ2n) is 7.72. The number of benzene rings is 2. The topological polar surface area (TPSA) is 79.7 Å². The lowest BCUT2D eigenvalue weighted by Gasteiger charge is -2.22. The maximum atomic E-state index is 13.2. The van der Waals surface area contributed by atoms with Gasteiger partial charge in [0.25, 0.3) is 5.91 Å². The lowest BCUT2D eigenvalue weighted by molar-refractivity contribution is -0.130. The summed E-state index contributed by atoms with van der Waals surface area (Å²) in [5, 5.41) is 18.9. The maximum Gasteiger partial charge on any atom is 0.253 e. The van der Waals surface area contributed by atoms with Gasteiger partial charge in [-0.3, -0.25) is 4.79 Å². The summed E-state index contributed by atoms with van der Waals surface area (Å²) in [6, 6.07) is 18.2. The standard InChI is InChI=1S/C23H23N5O2S2/c1-30-18-11-7-16(8-12-18)20-13-19(15-5-3-2-4-6-15)27-28(20)21(29)14-31-23-26-25-22(32-23)24-17-9-10-17/h2-8,11-12,17,20H,9-10,13-14H2,1H3,(H,24,25)/t20-/m0/s1. The zero-order valence-corrected chi connectivity index (χ0v) is 19.2. The van der Waals surface area contributed by atoms with E-state index in [-0.39, 0.29) is 17.7 Å². The molecule has 1 aliphatic heterocycles. The highest BCUT2D eigenvalue weighted by molar-refractivity contribution is 8.01. The van der Waals surface area contributed by atoms with Crippen molar-refractivity contribution < 1.29 is 9.53 Å². The van der Waals surface area contributed by atoms with Crippen molar-refractivity contribution in [1.29, 1.82) is 0 Å². The van der Waals surface area contributed by atoms with E-state index in [4.69, 9.17) is 9.84 Å². The van der Waals surface area contributed by atoms with Crippen LogP contribution in [0.15, 0.2) is 64.0 Å². The van der Waals surface area contributed by atoms with Crippen LogP contribution in [0.2, 0.25) is 0 Å². The summed E-state index contributed by atoms with van der Waals surface area (Å²) in [5.41, 5.74) is 2.98. The molecule has 5 rings (SSSR count). The SMILES string of the molecule is COc1ccc([C@@H]2CC(c3ccccc3)=NN2C(=O)CSc2nnc(NC3CC3)s2)cc1. The molecule has 9 heteroatoms. The zero-order valence-electron chi connectivity index (χ0n) is 17.6. The van der Waals surface area contributed by atoms with Crippen LogP contribution in [-0.2, 0) is 4.79 Å². The van der Waals surface area contributed by atoms with E-state index in [1.54, 1.807) is 12.1 Å². The van der Waals surface area contributed by atoms with Crippen molar-refractivity contribution in [3.05, 3.63) is 65.7 Å². The molecule has 1 N–H and O–H groups in total. The van der Waals surface area contributed by atoms with Crippen molar-refractivity contribution in [2.45, 2.75) is 35.7 Å². The predicted molar refractivity (Wildman–Crippen MR) is 127 cm³/mol. The lowest BCUT2D eigenvalue weighted by Crippen LogP contribution is -2.28. The van der Waals surface area contributed by atoms with Gasteiger partial charge in [-0.15, -0.1) is 10.2 Å². The molecular weight excluding hydrogens is 442 g/mol. The number of hydrogen-bond donors (Lipinski definition) is 1. The maximum absolute atomic E-state index is 13.2. The van der Waals surface area contributed by atoms with Crippen molar-refractivity contribution in [3.63, 3.8) is 0 Å². The van der Waals surface area contributed by atoms with Crippen molar-refractivity contribution >= 4 is 39.8 Å². The molecule has 2 heterocycles. The fourth-order valence-corrected chi connectivity index (χ4v) is 5.23. The van der Waals surface area contributed by atoms with E-state index in [0.717, 1.165) is 32.1 Å². The summed E-state index contributed by atoms with van der Waals surface area (Å²) >= 11 is 2.90. The van der Waals surface area contributed by atoms with Gasteiger partial charge in [-0.25, -0.2) is 5.01 Å². The smallest absolute Gasteiger partial charge is 0.253 e. The molecule has 1 atom stereocenters. The first-order chi connectivity index (χ1) is 15.7. The average Bonchev–Trinajstić information content (AvgIpc) is 3.35. The van der Waals surface area contributed by atoms with Gasteiger partial charge in [-0.2, -0.15) is 5.10 Å². The van der Waals surface area contributed by atoms with Gasteiger partial charge in [-0.1, -0.05) is 65.6 Å². The van der Waals surface area contributed by atoms with Gasteiger partial charge in [0.2, 0.25) is 5.13 Å². The van der Waals surface area contributed by atoms with Gasteiger partial charge in [-0.05, 0) is 36.1 Å². The Bertz CT molecular complexity index is 1110. The minimum absolute atomic E-state index is 0.0475. The summed E-state index contributed by atoms with van der Waals surface area (Å²) in [6.07, 6.45) is 3.04. The largest absolute Gasteiger partial charge is 0.497 e. The lowest BCUT2D eigenvalue weighted by atomic mass is 9.98. The van der Waals surface area contributed by atoms with E-state index in [2.05, 4.69) is 15.5 Å². The monoisotopic (exact) mass is 465 g/mol. The van der Waals surface area contributed by atoms with Crippen molar-refractivity contribution in [2.75, 3.05) is 18.2 Å². The summed E-state index contributed by atoms with van der Waals surface area (Å²) in [7, 11) is 1.65. The molecule has 0 spiro atoms. The third kappa shape index (κ3) is 4.78. The number of carbonyl (C=O) groups is 1. The van der Waals surface area contributed by atoms with Crippen LogP contribution in [0, 0.1) is 0 Å². The van der Waals surface area contributed by atoms with Crippen LogP contribution in [0.1, 0.15) is 36.4 Å². The number of aromatic nitrogens is 2. The van der Waals surface area contributed by atoms with Gasteiger partial charge >= 0.3 is 0 Å². The quantitative estimate of drug-likeness (QED) is 0.490. The molecule has 1 saturated carbocycles. The molecule has 0 saturated heterocycles. The number of methoxy groups -OCH3 is 1. The number of ether oxygens (including phenoxy) is 1. The molecule has 2 aromatic carbocycles. The Balaban J connectivity index is 1.32.